The average Bonchev–Trinajstić information content (AvgIpc) is 2.78. The van der Waals surface area contributed by atoms with Crippen LogP contribution in [0, 0.1) is 5.92 Å². The van der Waals surface area contributed by atoms with Gasteiger partial charge in [0, 0.05) is 31.0 Å². The number of fused-ring (bicyclic) bond motifs is 1. The Balaban J connectivity index is 1.63. The van der Waals surface area contributed by atoms with Gasteiger partial charge in [0.15, 0.2) is 0 Å². The fourth-order valence-electron chi connectivity index (χ4n) is 5.36. The fourth-order valence-corrected chi connectivity index (χ4v) is 5.36. The molecule has 1 aliphatic carbocycles. The Bertz CT molecular complexity index is 914. The number of amides is 1. The van der Waals surface area contributed by atoms with E-state index in [1.807, 2.05) is 60.5 Å². The van der Waals surface area contributed by atoms with Crippen molar-refractivity contribution in [1.82, 2.24) is 10.2 Å². The average molecular weight is 407 g/mol. The zero-order valence-electron chi connectivity index (χ0n) is 17.8. The van der Waals surface area contributed by atoms with Gasteiger partial charge in [-0.05, 0) is 74.5 Å². The molecule has 2 aliphatic rings. The van der Waals surface area contributed by atoms with E-state index in [1.165, 1.54) is 12.5 Å². The number of carbonyl (C=O) groups excluding carboxylic acids is 2. The maximum Gasteiger partial charge on any atom is 0.308 e. The van der Waals surface area contributed by atoms with E-state index in [4.69, 9.17) is 4.74 Å². The molecule has 0 spiro atoms. The lowest BCUT2D eigenvalue weighted by Gasteiger charge is -2.52. The first kappa shape index (κ1) is 20.6. The number of nitrogens with zero attached hydrogens (tertiary/aromatic N) is 1. The lowest BCUT2D eigenvalue weighted by Crippen LogP contribution is -2.55. The molecule has 2 unspecified atom stereocenters. The number of ether oxygens (including phenoxy) is 1. The van der Waals surface area contributed by atoms with E-state index in [0.717, 1.165) is 44.3 Å². The van der Waals surface area contributed by atoms with Crippen molar-refractivity contribution in [3.05, 3.63) is 65.7 Å². The van der Waals surface area contributed by atoms with Gasteiger partial charge in [-0.15, -0.1) is 0 Å². The molecule has 158 valence electrons. The molecule has 5 heteroatoms. The molecule has 1 saturated carbocycles. The summed E-state index contributed by atoms with van der Waals surface area (Å²) in [4.78, 5) is 26.5. The van der Waals surface area contributed by atoms with Crippen LogP contribution in [0.15, 0.2) is 54.6 Å². The molecule has 5 nitrogen and oxygen atoms in total. The second-order valence-electron chi connectivity index (χ2n) is 8.65. The molecular weight excluding hydrogens is 376 g/mol. The van der Waals surface area contributed by atoms with Crippen molar-refractivity contribution in [2.24, 2.45) is 5.92 Å². The summed E-state index contributed by atoms with van der Waals surface area (Å²) in [6.07, 6.45) is 4.03. The number of esters is 1. The molecule has 1 N–H and O–H groups in total. The molecular formula is C25H30N2O3. The van der Waals surface area contributed by atoms with Crippen LogP contribution >= 0.6 is 0 Å². The summed E-state index contributed by atoms with van der Waals surface area (Å²) in [5.74, 6) is 0.885. The van der Waals surface area contributed by atoms with Crippen molar-refractivity contribution in [3.8, 4) is 5.75 Å². The number of hydrogen-bond donors (Lipinski definition) is 1. The summed E-state index contributed by atoms with van der Waals surface area (Å²) in [6, 6.07) is 17.7. The van der Waals surface area contributed by atoms with Crippen LogP contribution in [0.4, 0.5) is 0 Å². The Morgan fingerprint density at radius 2 is 1.90 bits per heavy atom. The number of rotatable bonds is 4. The Morgan fingerprint density at radius 1 is 1.10 bits per heavy atom. The second kappa shape index (κ2) is 8.60. The van der Waals surface area contributed by atoms with E-state index in [-0.39, 0.29) is 23.3 Å². The van der Waals surface area contributed by atoms with Crippen LogP contribution < -0.4 is 10.1 Å². The van der Waals surface area contributed by atoms with E-state index in [0.29, 0.717) is 11.7 Å². The molecule has 30 heavy (non-hydrogen) atoms. The molecule has 0 aromatic heterocycles. The minimum absolute atomic E-state index is 0.0183. The normalized spacial score (nSPS) is 25.8. The maximum absolute atomic E-state index is 13.1. The molecule has 2 aromatic carbocycles. The molecule has 0 radical (unpaired) electrons. The van der Waals surface area contributed by atoms with Gasteiger partial charge in [-0.25, -0.2) is 0 Å². The van der Waals surface area contributed by atoms with E-state index in [1.54, 1.807) is 0 Å². The standard InChI is InChI=1S/C25H30N2O3/c1-18(28)30-23-10-6-9-20(15-23)25-13-14-26-17-21(25)11-12-22(16-25)27(2)24(29)19-7-4-3-5-8-19/h3-10,15,21-22,26H,11-14,16-17H2,1-2H3/t21?,22-,25?/m0/s1. The molecule has 1 amide bonds. The molecule has 4 rings (SSSR count). The van der Waals surface area contributed by atoms with Crippen LogP contribution in [0.3, 0.4) is 0 Å². The van der Waals surface area contributed by atoms with Crippen LogP contribution in [0.1, 0.15) is 48.5 Å². The van der Waals surface area contributed by atoms with Crippen molar-refractivity contribution >= 4 is 11.9 Å². The zero-order valence-corrected chi connectivity index (χ0v) is 17.8. The van der Waals surface area contributed by atoms with Crippen molar-refractivity contribution in [3.63, 3.8) is 0 Å². The summed E-state index contributed by atoms with van der Waals surface area (Å²) in [6.45, 7) is 3.37. The lowest BCUT2D eigenvalue weighted by atomic mass is 9.58. The smallest absolute Gasteiger partial charge is 0.308 e. The lowest BCUT2D eigenvalue weighted by molar-refractivity contribution is -0.131. The third-order valence-electron chi connectivity index (χ3n) is 6.93. The molecule has 2 aromatic rings. The first-order valence-corrected chi connectivity index (χ1v) is 10.8. The summed E-state index contributed by atoms with van der Waals surface area (Å²) < 4.78 is 5.37. The van der Waals surface area contributed by atoms with E-state index >= 15 is 0 Å². The van der Waals surface area contributed by atoms with Crippen LogP contribution in [0.5, 0.6) is 5.75 Å². The minimum Gasteiger partial charge on any atom is -0.427 e. The summed E-state index contributed by atoms with van der Waals surface area (Å²) in [5, 5.41) is 3.55. The Kier molecular flexibility index (Phi) is 5.91. The van der Waals surface area contributed by atoms with Gasteiger partial charge in [0.05, 0.1) is 0 Å². The monoisotopic (exact) mass is 406 g/mol. The summed E-state index contributed by atoms with van der Waals surface area (Å²) in [5.41, 5.74) is 1.94. The number of carbonyl (C=O) groups is 2. The van der Waals surface area contributed by atoms with Crippen LogP contribution in [0.25, 0.3) is 0 Å². The third kappa shape index (κ3) is 3.99. The highest BCUT2D eigenvalue weighted by Crippen LogP contribution is 2.49. The van der Waals surface area contributed by atoms with Gasteiger partial charge in [0.2, 0.25) is 0 Å². The van der Waals surface area contributed by atoms with Crippen LogP contribution in [-0.4, -0.2) is 43.0 Å². The van der Waals surface area contributed by atoms with Crippen LogP contribution in [-0.2, 0) is 10.2 Å². The highest BCUT2D eigenvalue weighted by atomic mass is 16.5. The Morgan fingerprint density at radius 3 is 2.67 bits per heavy atom. The van der Waals surface area contributed by atoms with Crippen molar-refractivity contribution in [2.45, 2.75) is 44.1 Å². The van der Waals surface area contributed by atoms with Crippen molar-refractivity contribution in [2.75, 3.05) is 20.1 Å². The molecule has 3 atom stereocenters. The molecule has 2 fully saturated rings. The summed E-state index contributed by atoms with van der Waals surface area (Å²) in [7, 11) is 1.93. The molecule has 0 bridgehead atoms. The number of hydrogen-bond acceptors (Lipinski definition) is 4. The van der Waals surface area contributed by atoms with Gasteiger partial charge in [-0.3, -0.25) is 9.59 Å². The largest absolute Gasteiger partial charge is 0.427 e. The van der Waals surface area contributed by atoms with Gasteiger partial charge in [-0.1, -0.05) is 30.3 Å². The highest BCUT2D eigenvalue weighted by molar-refractivity contribution is 5.94. The first-order chi connectivity index (χ1) is 14.5. The minimum atomic E-state index is -0.304. The molecule has 1 heterocycles. The van der Waals surface area contributed by atoms with Gasteiger partial charge in [-0.2, -0.15) is 0 Å². The van der Waals surface area contributed by atoms with Gasteiger partial charge >= 0.3 is 5.97 Å². The second-order valence-corrected chi connectivity index (χ2v) is 8.65. The quantitative estimate of drug-likeness (QED) is 0.620. The van der Waals surface area contributed by atoms with Crippen LogP contribution in [0.2, 0.25) is 0 Å². The van der Waals surface area contributed by atoms with E-state index in [2.05, 4.69) is 11.4 Å². The first-order valence-electron chi connectivity index (χ1n) is 10.8. The topological polar surface area (TPSA) is 58.6 Å². The Labute approximate surface area is 178 Å². The predicted octanol–water partition coefficient (Wildman–Crippen LogP) is 3.78. The number of piperidine rings is 1. The SMILES string of the molecule is CC(=O)Oc1cccc(C23CCNCC2CC[C@H](N(C)C(=O)c2ccccc2)C3)c1. The molecule has 1 saturated heterocycles. The highest BCUT2D eigenvalue weighted by Gasteiger charge is 2.47. The van der Waals surface area contributed by atoms with E-state index < -0.39 is 0 Å². The van der Waals surface area contributed by atoms with Gasteiger partial charge < -0.3 is 15.0 Å². The predicted molar refractivity (Wildman–Crippen MR) is 117 cm³/mol. The van der Waals surface area contributed by atoms with Gasteiger partial charge in [0.25, 0.3) is 5.91 Å². The van der Waals surface area contributed by atoms with Crippen molar-refractivity contribution < 1.29 is 14.3 Å². The third-order valence-corrected chi connectivity index (χ3v) is 6.93. The number of benzene rings is 2. The number of nitrogens with one attached hydrogen (secondary N) is 1. The zero-order chi connectivity index (χ0) is 21.1. The fraction of sp³-hybridized carbons (Fsp3) is 0.440. The van der Waals surface area contributed by atoms with Crippen molar-refractivity contribution in [1.29, 1.82) is 0 Å². The Hall–Kier alpha value is -2.66. The van der Waals surface area contributed by atoms with E-state index in [9.17, 15) is 9.59 Å². The molecule has 1 aliphatic heterocycles. The maximum atomic E-state index is 13.1. The summed E-state index contributed by atoms with van der Waals surface area (Å²) >= 11 is 0. The van der Waals surface area contributed by atoms with Gasteiger partial charge in [0.1, 0.15) is 5.75 Å².